The van der Waals surface area contributed by atoms with Crippen molar-refractivity contribution < 1.29 is 4.74 Å². The first-order chi connectivity index (χ1) is 7.19. The summed E-state index contributed by atoms with van der Waals surface area (Å²) in [6.07, 6.45) is 2.96. The van der Waals surface area contributed by atoms with Crippen LogP contribution in [0.1, 0.15) is 30.1 Å². The van der Waals surface area contributed by atoms with Crippen LogP contribution in [-0.4, -0.2) is 10.5 Å². The van der Waals surface area contributed by atoms with Crippen molar-refractivity contribution in [2.75, 3.05) is 4.43 Å². The average molecular weight is 337 g/mol. The number of hydrogen-bond acceptors (Lipinski definition) is 1. The van der Waals surface area contributed by atoms with E-state index in [1.165, 1.54) is 17.5 Å². The summed E-state index contributed by atoms with van der Waals surface area (Å²) in [5.74, 6) is 0. The molecule has 2 unspecified atom stereocenters. The molecule has 0 aliphatic carbocycles. The number of ether oxygens (including phenoxy) is 1. The van der Waals surface area contributed by atoms with Crippen LogP contribution in [-0.2, 0) is 4.74 Å². The normalized spacial score (nSPS) is 25.8. The molecule has 0 radical (unpaired) electrons. The van der Waals surface area contributed by atoms with E-state index in [-0.39, 0.29) is 6.10 Å². The summed E-state index contributed by atoms with van der Waals surface area (Å²) >= 11 is 8.42. The Balaban J connectivity index is 2.16. The molecule has 82 valence electrons. The van der Waals surface area contributed by atoms with Crippen molar-refractivity contribution in [1.29, 1.82) is 0 Å². The zero-order valence-corrected chi connectivity index (χ0v) is 11.6. The maximum Gasteiger partial charge on any atom is 0.0830 e. The lowest BCUT2D eigenvalue weighted by molar-refractivity contribution is 0.0597. The standard InChI is InChI=1S/C12H14ClIO/c1-8-4-9(6-10(13)5-8)12-3-2-11(7-14)15-12/h4-6,11-12H,2-3,7H2,1H3. The third-order valence-corrected chi connectivity index (χ3v) is 3.92. The molecule has 1 aliphatic rings. The number of benzene rings is 1. The number of alkyl halides is 1. The molecule has 15 heavy (non-hydrogen) atoms. The van der Waals surface area contributed by atoms with Crippen LogP contribution < -0.4 is 0 Å². The molecule has 2 rings (SSSR count). The van der Waals surface area contributed by atoms with Crippen LogP contribution in [0.3, 0.4) is 0 Å². The molecule has 3 heteroatoms. The summed E-state index contributed by atoms with van der Waals surface area (Å²) in [5, 5.41) is 0.812. The predicted molar refractivity (Wildman–Crippen MR) is 71.9 cm³/mol. The van der Waals surface area contributed by atoms with Crippen molar-refractivity contribution in [2.24, 2.45) is 0 Å². The lowest BCUT2D eigenvalue weighted by Crippen LogP contribution is -2.07. The van der Waals surface area contributed by atoms with E-state index < -0.39 is 0 Å². The van der Waals surface area contributed by atoms with Crippen LogP contribution in [0.25, 0.3) is 0 Å². The Bertz CT molecular complexity index is 333. The first-order valence-corrected chi connectivity index (χ1v) is 7.08. The molecule has 1 saturated heterocycles. The second kappa shape index (κ2) is 5.02. The Morgan fingerprint density at radius 2 is 2.20 bits per heavy atom. The molecule has 0 aromatic heterocycles. The molecule has 2 atom stereocenters. The van der Waals surface area contributed by atoms with Crippen molar-refractivity contribution in [2.45, 2.75) is 32.0 Å². The Labute approximate surface area is 109 Å². The second-order valence-corrected chi connectivity index (χ2v) is 5.36. The largest absolute Gasteiger partial charge is 0.370 e. The molecule has 1 aromatic carbocycles. The van der Waals surface area contributed by atoms with Gasteiger partial charge in [-0.3, -0.25) is 0 Å². The van der Waals surface area contributed by atoms with Gasteiger partial charge in [-0.05, 0) is 43.0 Å². The summed E-state index contributed by atoms with van der Waals surface area (Å²) in [6, 6.07) is 6.18. The van der Waals surface area contributed by atoms with Crippen LogP contribution in [0.5, 0.6) is 0 Å². The number of hydrogen-bond donors (Lipinski definition) is 0. The van der Waals surface area contributed by atoms with Gasteiger partial charge in [0, 0.05) is 9.45 Å². The topological polar surface area (TPSA) is 9.23 Å². The summed E-state index contributed by atoms with van der Waals surface area (Å²) in [7, 11) is 0. The average Bonchev–Trinajstić information content (AvgIpc) is 2.64. The minimum Gasteiger partial charge on any atom is -0.370 e. The molecule has 1 aromatic rings. The molecule has 0 saturated carbocycles. The van der Waals surface area contributed by atoms with Crippen LogP contribution in [0.4, 0.5) is 0 Å². The van der Waals surface area contributed by atoms with Crippen molar-refractivity contribution in [1.82, 2.24) is 0 Å². The lowest BCUT2D eigenvalue weighted by Gasteiger charge is -2.13. The minimum atomic E-state index is 0.252. The Kier molecular flexibility index (Phi) is 3.91. The van der Waals surface area contributed by atoms with E-state index in [0.29, 0.717) is 6.10 Å². The van der Waals surface area contributed by atoms with Crippen molar-refractivity contribution in [3.05, 3.63) is 34.3 Å². The first-order valence-electron chi connectivity index (χ1n) is 5.17. The summed E-state index contributed by atoms with van der Waals surface area (Å²) < 4.78 is 7.02. The lowest BCUT2D eigenvalue weighted by atomic mass is 10.0. The summed E-state index contributed by atoms with van der Waals surface area (Å²) in [6.45, 7) is 2.07. The Hall–Kier alpha value is 0.200. The van der Waals surface area contributed by atoms with Gasteiger partial charge in [0.15, 0.2) is 0 Å². The van der Waals surface area contributed by atoms with Gasteiger partial charge in [0.2, 0.25) is 0 Å². The van der Waals surface area contributed by atoms with Crippen molar-refractivity contribution in [3.63, 3.8) is 0 Å². The molecular formula is C12H14ClIO. The highest BCUT2D eigenvalue weighted by Gasteiger charge is 2.25. The van der Waals surface area contributed by atoms with Crippen LogP contribution >= 0.6 is 34.2 Å². The zero-order valence-electron chi connectivity index (χ0n) is 8.67. The molecular weight excluding hydrogens is 322 g/mol. The van der Waals surface area contributed by atoms with Gasteiger partial charge in [0.25, 0.3) is 0 Å². The first kappa shape index (κ1) is 11.7. The molecule has 0 bridgehead atoms. The SMILES string of the molecule is Cc1cc(Cl)cc(C2CCC(CI)O2)c1. The molecule has 1 heterocycles. The highest BCUT2D eigenvalue weighted by Crippen LogP contribution is 2.34. The fourth-order valence-corrected chi connectivity index (χ4v) is 2.96. The summed E-state index contributed by atoms with van der Waals surface area (Å²) in [4.78, 5) is 0. The number of aryl methyl sites for hydroxylation is 1. The zero-order chi connectivity index (χ0) is 10.8. The molecule has 0 amide bonds. The van der Waals surface area contributed by atoms with E-state index >= 15 is 0 Å². The molecule has 1 aliphatic heterocycles. The monoisotopic (exact) mass is 336 g/mol. The Morgan fingerprint density at radius 1 is 1.40 bits per heavy atom. The smallest absolute Gasteiger partial charge is 0.0830 e. The fraction of sp³-hybridized carbons (Fsp3) is 0.500. The van der Waals surface area contributed by atoms with Crippen LogP contribution in [0, 0.1) is 6.92 Å². The maximum absolute atomic E-state index is 6.04. The van der Waals surface area contributed by atoms with E-state index in [4.69, 9.17) is 16.3 Å². The third-order valence-electron chi connectivity index (χ3n) is 2.72. The molecule has 0 spiro atoms. The van der Waals surface area contributed by atoms with Gasteiger partial charge in [-0.25, -0.2) is 0 Å². The quantitative estimate of drug-likeness (QED) is 0.578. The van der Waals surface area contributed by atoms with Gasteiger partial charge in [0.05, 0.1) is 12.2 Å². The summed E-state index contributed by atoms with van der Waals surface area (Å²) in [5.41, 5.74) is 2.44. The minimum absolute atomic E-state index is 0.252. The molecule has 1 fully saturated rings. The molecule has 1 nitrogen and oxygen atoms in total. The van der Waals surface area contributed by atoms with Gasteiger partial charge in [-0.1, -0.05) is 40.3 Å². The van der Waals surface area contributed by atoms with E-state index in [2.05, 4.69) is 35.6 Å². The van der Waals surface area contributed by atoms with Gasteiger partial charge in [0.1, 0.15) is 0 Å². The van der Waals surface area contributed by atoms with Crippen LogP contribution in [0.2, 0.25) is 5.02 Å². The van der Waals surface area contributed by atoms with E-state index in [1.807, 2.05) is 12.1 Å². The van der Waals surface area contributed by atoms with Gasteiger partial charge < -0.3 is 4.74 Å². The second-order valence-electron chi connectivity index (χ2n) is 4.04. The Morgan fingerprint density at radius 3 is 2.80 bits per heavy atom. The van der Waals surface area contributed by atoms with Crippen LogP contribution in [0.15, 0.2) is 18.2 Å². The van der Waals surface area contributed by atoms with E-state index in [1.54, 1.807) is 0 Å². The van der Waals surface area contributed by atoms with Gasteiger partial charge in [-0.15, -0.1) is 0 Å². The highest BCUT2D eigenvalue weighted by atomic mass is 127. The van der Waals surface area contributed by atoms with Gasteiger partial charge in [-0.2, -0.15) is 0 Å². The van der Waals surface area contributed by atoms with E-state index in [0.717, 1.165) is 15.9 Å². The molecule has 0 N–H and O–H groups in total. The maximum atomic E-state index is 6.04. The number of halogens is 2. The van der Waals surface area contributed by atoms with E-state index in [9.17, 15) is 0 Å². The van der Waals surface area contributed by atoms with Crippen molar-refractivity contribution >= 4 is 34.2 Å². The predicted octanol–water partition coefficient (Wildman–Crippen LogP) is 4.30. The third kappa shape index (κ3) is 2.86. The van der Waals surface area contributed by atoms with Crippen molar-refractivity contribution in [3.8, 4) is 0 Å². The highest BCUT2D eigenvalue weighted by molar-refractivity contribution is 14.1. The van der Waals surface area contributed by atoms with Gasteiger partial charge >= 0.3 is 0 Å². The fourth-order valence-electron chi connectivity index (χ4n) is 2.01. The number of rotatable bonds is 2.